The fourth-order valence-electron chi connectivity index (χ4n) is 10.00. The van der Waals surface area contributed by atoms with Gasteiger partial charge in [0.25, 0.3) is 0 Å². The van der Waals surface area contributed by atoms with E-state index in [1.807, 2.05) is 6.92 Å². The molecule has 0 aromatic heterocycles. The summed E-state index contributed by atoms with van der Waals surface area (Å²) in [7, 11) is 1.73. The van der Waals surface area contributed by atoms with Gasteiger partial charge in [0.2, 0.25) is 0 Å². The van der Waals surface area contributed by atoms with Crippen LogP contribution in [-0.2, 0) is 11.8 Å². The highest BCUT2D eigenvalue weighted by molar-refractivity contribution is 5.63. The molecule has 4 bridgehead atoms. The molecule has 186 valence electrons. The number of benzene rings is 1. The van der Waals surface area contributed by atoms with Gasteiger partial charge in [0, 0.05) is 16.9 Å². The Morgan fingerprint density at radius 3 is 2.53 bits per heavy atom. The SMILES string of the molecule is COc1ccc2c3c1O[C@H]1[C@@]4(O)CC[C@@]5(C[C@@H]4[C@](C)(O)C(C)(C)C)[C@@H](C2)C(CC2CC2)CC[C@]315. The lowest BCUT2D eigenvalue weighted by atomic mass is 9.30. The van der Waals surface area contributed by atoms with Gasteiger partial charge in [-0.25, -0.2) is 0 Å². The predicted octanol–water partition coefficient (Wildman–Crippen LogP) is 5.40. The van der Waals surface area contributed by atoms with Crippen LogP contribution in [0.1, 0.15) is 90.2 Å². The van der Waals surface area contributed by atoms with Gasteiger partial charge >= 0.3 is 0 Å². The van der Waals surface area contributed by atoms with Crippen LogP contribution in [0.2, 0.25) is 0 Å². The second-order valence-electron chi connectivity index (χ2n) is 14.2. The van der Waals surface area contributed by atoms with E-state index < -0.39 is 11.2 Å². The largest absolute Gasteiger partial charge is 0.493 e. The number of aliphatic hydroxyl groups is 2. The van der Waals surface area contributed by atoms with Gasteiger partial charge in [0.1, 0.15) is 11.7 Å². The topological polar surface area (TPSA) is 58.9 Å². The third kappa shape index (κ3) is 2.30. The zero-order chi connectivity index (χ0) is 23.9. The third-order valence-corrected chi connectivity index (χ3v) is 12.2. The number of ether oxygens (including phenoxy) is 2. The number of methoxy groups -OCH3 is 1. The summed E-state index contributed by atoms with van der Waals surface area (Å²) in [4.78, 5) is 0. The lowest BCUT2D eigenvalue weighted by molar-refractivity contribution is -0.307. The minimum absolute atomic E-state index is 0.0878. The standard InChI is InChI=1S/C30H42O4/c1-26(2,3)27(4,31)22-16-28-12-13-30(22,32)25-29(28)11-10-18(14-17-6-7-17)20(28)15-19-8-9-21(33-5)24(34-25)23(19)29/h8-9,17-18,20,22,25,31-32H,6-7,10-16H2,1-5H3/t18?,20-,22+,25+,27-,28+,29-,30+/m0/s1. The maximum atomic E-state index is 12.6. The Balaban J connectivity index is 1.46. The van der Waals surface area contributed by atoms with Gasteiger partial charge in [0.15, 0.2) is 11.5 Å². The molecule has 8 atom stereocenters. The van der Waals surface area contributed by atoms with Crippen molar-refractivity contribution in [3.05, 3.63) is 23.3 Å². The Morgan fingerprint density at radius 2 is 1.85 bits per heavy atom. The summed E-state index contributed by atoms with van der Waals surface area (Å²) >= 11 is 0. The van der Waals surface area contributed by atoms with E-state index in [-0.39, 0.29) is 28.3 Å². The second-order valence-corrected chi connectivity index (χ2v) is 14.2. The summed E-state index contributed by atoms with van der Waals surface area (Å²) in [5, 5.41) is 24.7. The highest BCUT2D eigenvalue weighted by atomic mass is 16.5. The van der Waals surface area contributed by atoms with Crippen molar-refractivity contribution in [2.75, 3.05) is 7.11 Å². The molecule has 6 aliphatic carbocycles. The van der Waals surface area contributed by atoms with E-state index in [0.29, 0.717) is 5.92 Å². The first kappa shape index (κ1) is 22.0. The number of fused-ring (bicyclic) bond motifs is 2. The van der Waals surface area contributed by atoms with Crippen LogP contribution in [0.3, 0.4) is 0 Å². The van der Waals surface area contributed by atoms with Crippen molar-refractivity contribution in [2.45, 2.75) is 108 Å². The smallest absolute Gasteiger partial charge is 0.165 e. The average Bonchev–Trinajstić information content (AvgIpc) is 3.52. The van der Waals surface area contributed by atoms with Crippen molar-refractivity contribution in [2.24, 2.45) is 34.5 Å². The van der Waals surface area contributed by atoms with E-state index >= 15 is 0 Å². The van der Waals surface area contributed by atoms with Crippen LogP contribution in [-0.4, -0.2) is 34.6 Å². The van der Waals surface area contributed by atoms with Crippen LogP contribution < -0.4 is 9.47 Å². The van der Waals surface area contributed by atoms with E-state index in [4.69, 9.17) is 9.47 Å². The van der Waals surface area contributed by atoms with Gasteiger partial charge in [0.05, 0.1) is 12.7 Å². The molecule has 1 unspecified atom stereocenters. The molecule has 1 aromatic carbocycles. The summed E-state index contributed by atoms with van der Waals surface area (Å²) in [6, 6.07) is 4.38. The number of rotatable bonds is 4. The third-order valence-electron chi connectivity index (χ3n) is 12.2. The molecule has 5 saturated carbocycles. The van der Waals surface area contributed by atoms with Gasteiger partial charge in [-0.15, -0.1) is 0 Å². The molecule has 8 rings (SSSR count). The molecule has 7 aliphatic rings. The summed E-state index contributed by atoms with van der Waals surface area (Å²) in [5.74, 6) is 3.79. The highest BCUT2D eigenvalue weighted by Gasteiger charge is 2.81. The van der Waals surface area contributed by atoms with Crippen molar-refractivity contribution < 1.29 is 19.7 Å². The van der Waals surface area contributed by atoms with Crippen LogP contribution in [0.5, 0.6) is 11.5 Å². The zero-order valence-corrected chi connectivity index (χ0v) is 21.6. The van der Waals surface area contributed by atoms with Gasteiger partial charge in [-0.05, 0) is 92.1 Å². The van der Waals surface area contributed by atoms with Crippen LogP contribution in [0.4, 0.5) is 0 Å². The van der Waals surface area contributed by atoms with Crippen LogP contribution in [0.25, 0.3) is 0 Å². The lowest BCUT2D eigenvalue weighted by Gasteiger charge is -2.74. The molecule has 1 heterocycles. The van der Waals surface area contributed by atoms with Crippen LogP contribution in [0.15, 0.2) is 12.1 Å². The maximum Gasteiger partial charge on any atom is 0.165 e. The molecular formula is C30H42O4. The monoisotopic (exact) mass is 466 g/mol. The Bertz CT molecular complexity index is 1050. The van der Waals surface area contributed by atoms with Crippen LogP contribution in [0, 0.1) is 34.5 Å². The normalized spacial score (nSPS) is 45.4. The summed E-state index contributed by atoms with van der Waals surface area (Å²) in [5.41, 5.74) is 0.386. The Labute approximate surface area is 204 Å². The van der Waals surface area contributed by atoms with Crippen molar-refractivity contribution in [1.82, 2.24) is 0 Å². The highest BCUT2D eigenvalue weighted by Crippen LogP contribution is 2.80. The van der Waals surface area contributed by atoms with E-state index in [1.165, 1.54) is 36.8 Å². The van der Waals surface area contributed by atoms with Crippen LogP contribution >= 0.6 is 0 Å². The maximum absolute atomic E-state index is 12.6. The van der Waals surface area contributed by atoms with E-state index in [0.717, 1.165) is 55.4 Å². The fraction of sp³-hybridized carbons (Fsp3) is 0.800. The van der Waals surface area contributed by atoms with Gasteiger partial charge in [-0.1, -0.05) is 39.7 Å². The van der Waals surface area contributed by atoms with Gasteiger partial charge < -0.3 is 19.7 Å². The molecule has 0 amide bonds. The molecule has 1 aliphatic heterocycles. The molecule has 4 nitrogen and oxygen atoms in total. The van der Waals surface area contributed by atoms with E-state index in [1.54, 1.807) is 7.11 Å². The van der Waals surface area contributed by atoms with Crippen molar-refractivity contribution in [3.8, 4) is 11.5 Å². The van der Waals surface area contributed by atoms with Crippen molar-refractivity contribution >= 4 is 0 Å². The zero-order valence-electron chi connectivity index (χ0n) is 21.6. The lowest BCUT2D eigenvalue weighted by Crippen LogP contribution is -2.80. The summed E-state index contributed by atoms with van der Waals surface area (Å²) in [6.45, 7) is 8.34. The molecular weight excluding hydrogens is 424 g/mol. The number of hydrogen-bond acceptors (Lipinski definition) is 4. The van der Waals surface area contributed by atoms with Crippen molar-refractivity contribution in [1.29, 1.82) is 0 Å². The number of hydrogen-bond donors (Lipinski definition) is 2. The average molecular weight is 467 g/mol. The molecule has 0 radical (unpaired) electrons. The summed E-state index contributed by atoms with van der Waals surface area (Å²) < 4.78 is 12.7. The van der Waals surface area contributed by atoms with E-state index in [9.17, 15) is 10.2 Å². The van der Waals surface area contributed by atoms with E-state index in [2.05, 4.69) is 32.9 Å². The molecule has 1 aromatic rings. The van der Waals surface area contributed by atoms with Gasteiger partial charge in [-0.3, -0.25) is 0 Å². The molecule has 4 heteroatoms. The minimum Gasteiger partial charge on any atom is -0.493 e. The Kier molecular flexibility index (Phi) is 4.10. The first-order chi connectivity index (χ1) is 16.0. The quantitative estimate of drug-likeness (QED) is 0.623. The Morgan fingerprint density at radius 1 is 1.09 bits per heavy atom. The second kappa shape index (κ2) is 6.35. The predicted molar refractivity (Wildman–Crippen MR) is 131 cm³/mol. The molecule has 2 N–H and O–H groups in total. The molecule has 34 heavy (non-hydrogen) atoms. The Hall–Kier alpha value is -1.26. The van der Waals surface area contributed by atoms with Gasteiger partial charge in [-0.2, -0.15) is 0 Å². The molecule has 2 spiro atoms. The first-order valence-electron chi connectivity index (χ1n) is 13.8. The van der Waals surface area contributed by atoms with Crippen molar-refractivity contribution in [3.63, 3.8) is 0 Å². The first-order valence-corrected chi connectivity index (χ1v) is 13.8. The molecule has 0 saturated heterocycles. The fourth-order valence-corrected chi connectivity index (χ4v) is 10.00. The molecule has 5 fully saturated rings. The summed E-state index contributed by atoms with van der Waals surface area (Å²) in [6.07, 6.45) is 10.1. The minimum atomic E-state index is -1.04.